The molecule has 2 N–H and O–H groups in total. The number of hydrogen-bond acceptors (Lipinski definition) is 8. The number of nitrogens with zero attached hydrogens (tertiary/aromatic N) is 3. The van der Waals surface area contributed by atoms with Crippen molar-refractivity contribution in [1.82, 2.24) is 9.36 Å². The predicted molar refractivity (Wildman–Crippen MR) is 128 cm³/mol. The molecule has 1 unspecified atom stereocenters. The molecule has 0 fully saturated rings. The van der Waals surface area contributed by atoms with Gasteiger partial charge in [0.25, 0.3) is 11.9 Å². The van der Waals surface area contributed by atoms with Gasteiger partial charge in [0.1, 0.15) is 17.2 Å². The molecule has 0 radical (unpaired) electrons. The Balaban J connectivity index is 1.64. The smallest absolute Gasteiger partial charge is 0.497 e. The number of benzene rings is 2. The molecule has 0 aliphatic carbocycles. The van der Waals surface area contributed by atoms with Crippen LogP contribution in [0.3, 0.4) is 0 Å². The average Bonchev–Trinajstić information content (AvgIpc) is 3.30. The first-order valence-corrected chi connectivity index (χ1v) is 11.4. The van der Waals surface area contributed by atoms with E-state index in [9.17, 15) is 18.0 Å². The summed E-state index contributed by atoms with van der Waals surface area (Å²) in [5.41, 5.74) is 0.846. The van der Waals surface area contributed by atoms with Crippen LogP contribution in [-0.2, 0) is 24.9 Å². The summed E-state index contributed by atoms with van der Waals surface area (Å²) < 4.78 is 61.8. The summed E-state index contributed by atoms with van der Waals surface area (Å²) in [7, 11) is 3.24. The molecule has 13 heteroatoms. The zero-order chi connectivity index (χ0) is 26.6. The van der Waals surface area contributed by atoms with Gasteiger partial charge in [0.2, 0.25) is 0 Å². The Hall–Kier alpha value is -3.84. The van der Waals surface area contributed by atoms with E-state index < -0.39 is 18.5 Å². The molecule has 0 saturated heterocycles. The van der Waals surface area contributed by atoms with Crippen molar-refractivity contribution in [2.75, 3.05) is 37.1 Å². The van der Waals surface area contributed by atoms with E-state index in [1.165, 1.54) is 22.9 Å². The van der Waals surface area contributed by atoms with Crippen molar-refractivity contribution in [3.8, 4) is 17.2 Å². The minimum Gasteiger partial charge on any atom is -0.497 e. The van der Waals surface area contributed by atoms with E-state index >= 15 is 0 Å². The molecule has 37 heavy (non-hydrogen) atoms. The van der Waals surface area contributed by atoms with Gasteiger partial charge in [-0.15, -0.1) is 13.2 Å². The van der Waals surface area contributed by atoms with Crippen molar-refractivity contribution >= 4 is 11.5 Å². The molecule has 1 aliphatic rings. The van der Waals surface area contributed by atoms with Crippen molar-refractivity contribution in [2.24, 2.45) is 7.05 Å². The SMILES string of the molecule is COc1cccc(CN2c3c(n(C)n(CCOCCO)c3=O)NC2Oc2cccc(OC(F)(F)F)c2)c1. The zero-order valence-electron chi connectivity index (χ0n) is 20.2. The lowest BCUT2D eigenvalue weighted by atomic mass is 10.2. The summed E-state index contributed by atoms with van der Waals surface area (Å²) in [6, 6.07) is 12.4. The van der Waals surface area contributed by atoms with E-state index in [1.54, 1.807) is 29.8 Å². The number of nitrogens with one attached hydrogen (secondary N) is 1. The average molecular weight is 524 g/mol. The number of anilines is 2. The molecule has 0 spiro atoms. The number of halogens is 3. The number of aliphatic hydroxyl groups excluding tert-OH is 1. The Kier molecular flexibility index (Phi) is 7.83. The molecular formula is C24H27F3N4O6. The first kappa shape index (κ1) is 26.2. The monoisotopic (exact) mass is 524 g/mol. The van der Waals surface area contributed by atoms with Gasteiger partial charge in [0, 0.05) is 19.7 Å². The van der Waals surface area contributed by atoms with Gasteiger partial charge in [-0.3, -0.25) is 9.48 Å². The van der Waals surface area contributed by atoms with Gasteiger partial charge in [-0.05, 0) is 29.8 Å². The number of alkyl halides is 3. The fraction of sp³-hybridized carbons (Fsp3) is 0.375. The molecule has 0 amide bonds. The normalized spacial score (nSPS) is 14.9. The fourth-order valence-corrected chi connectivity index (χ4v) is 4.03. The number of methoxy groups -OCH3 is 1. The Bertz CT molecular complexity index is 1280. The van der Waals surface area contributed by atoms with Crippen molar-refractivity contribution in [3.05, 3.63) is 64.4 Å². The maximum Gasteiger partial charge on any atom is 0.573 e. The van der Waals surface area contributed by atoms with Gasteiger partial charge < -0.3 is 34.3 Å². The van der Waals surface area contributed by atoms with E-state index in [-0.39, 0.29) is 44.2 Å². The molecule has 10 nitrogen and oxygen atoms in total. The first-order chi connectivity index (χ1) is 17.7. The van der Waals surface area contributed by atoms with Gasteiger partial charge in [-0.1, -0.05) is 18.2 Å². The molecule has 2 aromatic carbocycles. The van der Waals surface area contributed by atoms with Gasteiger partial charge in [-0.2, -0.15) is 0 Å². The standard InChI is InChI=1S/C24H27F3N4O6/c1-29-21-20(22(33)31(29)9-11-35-12-10-32)30(15-16-5-3-6-17(13-16)34-2)23(28-21)36-18-7-4-8-19(14-18)37-24(25,26)27/h3-8,13-14,23,28,32H,9-12,15H2,1-2H3. The Morgan fingerprint density at radius 3 is 2.51 bits per heavy atom. The number of rotatable bonds is 11. The second kappa shape index (κ2) is 11.0. The highest BCUT2D eigenvalue weighted by atomic mass is 19.4. The van der Waals surface area contributed by atoms with Crippen LogP contribution in [0.5, 0.6) is 17.2 Å². The molecule has 2 heterocycles. The topological polar surface area (TPSA) is 99.4 Å². The highest BCUT2D eigenvalue weighted by Crippen LogP contribution is 2.35. The van der Waals surface area contributed by atoms with Crippen LogP contribution in [0.2, 0.25) is 0 Å². The minimum absolute atomic E-state index is 0.112. The van der Waals surface area contributed by atoms with Crippen molar-refractivity contribution in [3.63, 3.8) is 0 Å². The lowest BCUT2D eigenvalue weighted by Crippen LogP contribution is -2.43. The van der Waals surface area contributed by atoms with Crippen LogP contribution in [0.25, 0.3) is 0 Å². The maximum atomic E-state index is 13.4. The van der Waals surface area contributed by atoms with E-state index in [4.69, 9.17) is 19.3 Å². The summed E-state index contributed by atoms with van der Waals surface area (Å²) >= 11 is 0. The van der Waals surface area contributed by atoms with E-state index in [1.807, 2.05) is 18.2 Å². The van der Waals surface area contributed by atoms with Crippen LogP contribution in [0.15, 0.2) is 53.3 Å². The van der Waals surface area contributed by atoms with Gasteiger partial charge in [0.15, 0.2) is 11.5 Å². The summed E-state index contributed by atoms with van der Waals surface area (Å²) in [4.78, 5) is 15.1. The van der Waals surface area contributed by atoms with Crippen LogP contribution >= 0.6 is 0 Å². The summed E-state index contributed by atoms with van der Waals surface area (Å²) in [5, 5.41) is 12.1. The van der Waals surface area contributed by atoms with Gasteiger partial charge >= 0.3 is 6.36 Å². The number of fused-ring (bicyclic) bond motifs is 1. The molecule has 4 rings (SSSR count). The second-order valence-corrected chi connectivity index (χ2v) is 8.10. The first-order valence-electron chi connectivity index (χ1n) is 11.4. The summed E-state index contributed by atoms with van der Waals surface area (Å²) in [6.45, 7) is 0.744. The highest BCUT2D eigenvalue weighted by molar-refractivity contribution is 5.72. The van der Waals surface area contributed by atoms with Crippen LogP contribution in [0.1, 0.15) is 5.56 Å². The summed E-state index contributed by atoms with van der Waals surface area (Å²) in [6.07, 6.45) is -5.75. The molecule has 3 aromatic rings. The number of aromatic nitrogens is 2. The number of ether oxygens (including phenoxy) is 4. The molecule has 0 saturated carbocycles. The highest BCUT2D eigenvalue weighted by Gasteiger charge is 2.37. The van der Waals surface area contributed by atoms with E-state index in [0.717, 1.165) is 11.6 Å². The molecule has 1 aromatic heterocycles. The van der Waals surface area contributed by atoms with Crippen LogP contribution in [0.4, 0.5) is 24.7 Å². The zero-order valence-corrected chi connectivity index (χ0v) is 20.2. The number of aliphatic hydroxyl groups is 1. The Labute approximate surface area is 210 Å². The van der Waals surface area contributed by atoms with E-state index in [2.05, 4.69) is 10.1 Å². The van der Waals surface area contributed by atoms with Gasteiger partial charge in [0.05, 0.1) is 33.5 Å². The van der Waals surface area contributed by atoms with E-state index in [0.29, 0.717) is 17.3 Å². The summed E-state index contributed by atoms with van der Waals surface area (Å²) in [5.74, 6) is 0.791. The Morgan fingerprint density at radius 2 is 1.78 bits per heavy atom. The van der Waals surface area contributed by atoms with Crippen LogP contribution < -0.4 is 30.0 Å². The second-order valence-electron chi connectivity index (χ2n) is 8.10. The number of hydrogen-bond donors (Lipinski definition) is 2. The molecule has 0 bridgehead atoms. The Morgan fingerprint density at radius 1 is 1.05 bits per heavy atom. The van der Waals surface area contributed by atoms with Crippen LogP contribution in [0, 0.1) is 0 Å². The van der Waals surface area contributed by atoms with Crippen molar-refractivity contribution in [1.29, 1.82) is 0 Å². The molecule has 1 aliphatic heterocycles. The molecule has 200 valence electrons. The van der Waals surface area contributed by atoms with Crippen LogP contribution in [-0.4, -0.2) is 54.1 Å². The van der Waals surface area contributed by atoms with Gasteiger partial charge in [-0.25, -0.2) is 4.68 Å². The third kappa shape index (κ3) is 6.12. The maximum absolute atomic E-state index is 13.4. The fourth-order valence-electron chi connectivity index (χ4n) is 4.03. The lowest BCUT2D eigenvalue weighted by molar-refractivity contribution is -0.274. The van der Waals surface area contributed by atoms with Crippen molar-refractivity contribution in [2.45, 2.75) is 25.8 Å². The molecule has 1 atom stereocenters. The predicted octanol–water partition coefficient (Wildman–Crippen LogP) is 2.90. The largest absolute Gasteiger partial charge is 0.573 e. The third-order valence-corrected chi connectivity index (χ3v) is 5.63. The minimum atomic E-state index is -4.84. The lowest BCUT2D eigenvalue weighted by Gasteiger charge is -2.27. The van der Waals surface area contributed by atoms with Crippen molar-refractivity contribution < 1.29 is 37.2 Å². The third-order valence-electron chi connectivity index (χ3n) is 5.63. The molecular weight excluding hydrogens is 497 g/mol. The quantitative estimate of drug-likeness (QED) is 0.370.